The number of nitrogens with zero attached hydrogens (tertiary/aromatic N) is 2. The Morgan fingerprint density at radius 1 is 1.35 bits per heavy atom. The lowest BCUT2D eigenvalue weighted by molar-refractivity contribution is -0.384. The van der Waals surface area contributed by atoms with Crippen LogP contribution in [0.1, 0.15) is 5.56 Å². The average molecular weight is 373 g/mol. The summed E-state index contributed by atoms with van der Waals surface area (Å²) in [5.41, 5.74) is 1.39. The van der Waals surface area contributed by atoms with E-state index in [0.29, 0.717) is 21.1 Å². The van der Waals surface area contributed by atoms with Gasteiger partial charge in [0.05, 0.1) is 22.8 Å². The van der Waals surface area contributed by atoms with E-state index in [2.05, 4.69) is 10.3 Å². The fraction of sp³-hybridized carbons (Fsp3) is 0.176. The summed E-state index contributed by atoms with van der Waals surface area (Å²) < 4.78 is 11.1. The van der Waals surface area contributed by atoms with E-state index in [0.717, 1.165) is 16.9 Å². The van der Waals surface area contributed by atoms with Crippen molar-refractivity contribution in [3.05, 3.63) is 52.1 Å². The van der Waals surface area contributed by atoms with Crippen LogP contribution < -0.4 is 14.8 Å². The number of anilines is 1. The summed E-state index contributed by atoms with van der Waals surface area (Å²) in [7, 11) is 1.41. The molecule has 0 bridgehead atoms. The number of hydrogen-bond donors (Lipinski definition) is 1. The number of aryl methyl sites for hydroxylation is 1. The number of nitro benzene ring substituents is 1. The number of hydrogen-bond acceptors (Lipinski definition) is 7. The van der Waals surface area contributed by atoms with Crippen molar-refractivity contribution in [2.75, 3.05) is 19.0 Å². The molecule has 3 aromatic rings. The molecule has 3 rings (SSSR count). The SMILES string of the molecule is COc1cc([N+](=O)[O-])cc2sc(NC(=O)COc3cccc(C)c3)nc12. The topological polar surface area (TPSA) is 104 Å². The van der Waals surface area contributed by atoms with Crippen molar-refractivity contribution in [3.8, 4) is 11.5 Å². The number of amides is 1. The Balaban J connectivity index is 1.74. The molecule has 1 aromatic heterocycles. The van der Waals surface area contributed by atoms with Gasteiger partial charge in [0.15, 0.2) is 17.5 Å². The van der Waals surface area contributed by atoms with Crippen LogP contribution in [0, 0.1) is 17.0 Å². The highest BCUT2D eigenvalue weighted by Gasteiger charge is 2.17. The first kappa shape index (κ1) is 17.6. The summed E-state index contributed by atoms with van der Waals surface area (Å²) >= 11 is 1.13. The number of nitrogens with one attached hydrogen (secondary N) is 1. The van der Waals surface area contributed by atoms with Gasteiger partial charge in [-0.3, -0.25) is 20.2 Å². The molecule has 0 unspecified atom stereocenters. The molecule has 0 atom stereocenters. The van der Waals surface area contributed by atoms with Crippen molar-refractivity contribution in [1.82, 2.24) is 4.98 Å². The van der Waals surface area contributed by atoms with Crippen molar-refractivity contribution in [2.24, 2.45) is 0 Å². The molecule has 9 heteroatoms. The smallest absolute Gasteiger partial charge is 0.274 e. The number of aromatic nitrogens is 1. The van der Waals surface area contributed by atoms with E-state index in [1.165, 1.54) is 19.2 Å². The largest absolute Gasteiger partial charge is 0.494 e. The third-order valence-corrected chi connectivity index (χ3v) is 4.40. The van der Waals surface area contributed by atoms with Crippen LogP contribution in [0.2, 0.25) is 0 Å². The van der Waals surface area contributed by atoms with E-state index in [1.54, 1.807) is 6.07 Å². The van der Waals surface area contributed by atoms with Gasteiger partial charge in [-0.15, -0.1) is 0 Å². The molecule has 0 radical (unpaired) electrons. The van der Waals surface area contributed by atoms with Gasteiger partial charge in [-0.25, -0.2) is 4.98 Å². The lowest BCUT2D eigenvalue weighted by atomic mass is 10.2. The standard InChI is InChI=1S/C17H15N3O5S/c1-10-4-3-5-12(6-10)25-9-15(21)18-17-19-16-13(24-2)7-11(20(22)23)8-14(16)26-17/h3-8H,9H2,1-2H3,(H,18,19,21). The first-order chi connectivity index (χ1) is 12.5. The van der Waals surface area contributed by atoms with Crippen molar-refractivity contribution in [2.45, 2.75) is 6.92 Å². The molecule has 1 N–H and O–H groups in total. The Morgan fingerprint density at radius 2 is 2.15 bits per heavy atom. The van der Waals surface area contributed by atoms with Crippen LogP contribution in [0.25, 0.3) is 10.2 Å². The third-order valence-electron chi connectivity index (χ3n) is 3.48. The summed E-state index contributed by atoms with van der Waals surface area (Å²) in [4.78, 5) is 26.8. The normalized spacial score (nSPS) is 10.5. The monoisotopic (exact) mass is 373 g/mol. The molecule has 0 aliphatic carbocycles. The Hall–Kier alpha value is -3.20. The van der Waals surface area contributed by atoms with Crippen LogP contribution in [0.15, 0.2) is 36.4 Å². The number of rotatable bonds is 6. The molecule has 0 fully saturated rings. The fourth-order valence-corrected chi connectivity index (χ4v) is 3.24. The zero-order chi connectivity index (χ0) is 18.7. The zero-order valence-electron chi connectivity index (χ0n) is 14.0. The van der Waals surface area contributed by atoms with Gasteiger partial charge in [-0.1, -0.05) is 23.5 Å². The number of ether oxygens (including phenoxy) is 2. The predicted octanol–water partition coefficient (Wildman–Crippen LogP) is 3.54. The number of nitro groups is 1. The highest BCUT2D eigenvalue weighted by atomic mass is 32.1. The number of benzene rings is 2. The summed E-state index contributed by atoms with van der Waals surface area (Å²) in [6.07, 6.45) is 0. The molecule has 134 valence electrons. The van der Waals surface area contributed by atoms with Crippen molar-refractivity contribution >= 4 is 38.3 Å². The molecule has 1 amide bonds. The van der Waals surface area contributed by atoms with E-state index in [1.807, 2.05) is 25.1 Å². The quantitative estimate of drug-likeness (QED) is 0.523. The average Bonchev–Trinajstić information content (AvgIpc) is 3.01. The summed E-state index contributed by atoms with van der Waals surface area (Å²) in [5, 5.41) is 13.9. The van der Waals surface area contributed by atoms with E-state index in [4.69, 9.17) is 9.47 Å². The molecular weight excluding hydrogens is 358 g/mol. The summed E-state index contributed by atoms with van der Waals surface area (Å²) in [5.74, 6) is 0.503. The van der Waals surface area contributed by atoms with Gasteiger partial charge in [0.2, 0.25) is 0 Å². The Kier molecular flexibility index (Phi) is 4.99. The van der Waals surface area contributed by atoms with Crippen LogP contribution in [0.3, 0.4) is 0 Å². The van der Waals surface area contributed by atoms with Crippen LogP contribution in [0.4, 0.5) is 10.8 Å². The van der Waals surface area contributed by atoms with E-state index < -0.39 is 4.92 Å². The number of carbonyl (C=O) groups is 1. The molecule has 0 saturated heterocycles. The minimum absolute atomic E-state index is 0.0985. The van der Waals surface area contributed by atoms with Gasteiger partial charge in [0.1, 0.15) is 11.3 Å². The zero-order valence-corrected chi connectivity index (χ0v) is 14.8. The molecule has 0 aliphatic rings. The molecule has 2 aromatic carbocycles. The van der Waals surface area contributed by atoms with E-state index >= 15 is 0 Å². The summed E-state index contributed by atoms with van der Waals surface area (Å²) in [6.45, 7) is 1.76. The Morgan fingerprint density at radius 3 is 2.85 bits per heavy atom. The molecule has 1 heterocycles. The molecule has 0 saturated carbocycles. The second kappa shape index (κ2) is 7.36. The van der Waals surface area contributed by atoms with Gasteiger partial charge in [-0.05, 0) is 24.6 Å². The minimum atomic E-state index is -0.504. The lowest BCUT2D eigenvalue weighted by Gasteiger charge is -2.06. The number of thiazole rings is 1. The van der Waals surface area contributed by atoms with Crippen LogP contribution in [-0.4, -0.2) is 29.5 Å². The van der Waals surface area contributed by atoms with E-state index in [9.17, 15) is 14.9 Å². The number of non-ortho nitro benzene ring substituents is 1. The van der Waals surface area contributed by atoms with Crippen molar-refractivity contribution in [3.63, 3.8) is 0 Å². The van der Waals surface area contributed by atoms with Crippen LogP contribution >= 0.6 is 11.3 Å². The van der Waals surface area contributed by atoms with Crippen LogP contribution in [-0.2, 0) is 4.79 Å². The van der Waals surface area contributed by atoms with Gasteiger partial charge < -0.3 is 9.47 Å². The molecule has 0 aliphatic heterocycles. The predicted molar refractivity (Wildman–Crippen MR) is 98.1 cm³/mol. The second-order valence-electron chi connectivity index (χ2n) is 5.42. The number of fused-ring (bicyclic) bond motifs is 1. The van der Waals surface area contributed by atoms with Crippen molar-refractivity contribution in [1.29, 1.82) is 0 Å². The maximum absolute atomic E-state index is 12.1. The number of methoxy groups -OCH3 is 1. The summed E-state index contributed by atoms with van der Waals surface area (Å²) in [6, 6.07) is 10.1. The first-order valence-electron chi connectivity index (χ1n) is 7.58. The highest BCUT2D eigenvalue weighted by molar-refractivity contribution is 7.22. The Bertz CT molecular complexity index is 986. The van der Waals surface area contributed by atoms with Gasteiger partial charge in [-0.2, -0.15) is 0 Å². The van der Waals surface area contributed by atoms with Crippen molar-refractivity contribution < 1.29 is 19.2 Å². The fourth-order valence-electron chi connectivity index (χ4n) is 2.31. The van der Waals surface area contributed by atoms with Crippen LogP contribution in [0.5, 0.6) is 11.5 Å². The van der Waals surface area contributed by atoms with Gasteiger partial charge in [0.25, 0.3) is 11.6 Å². The third kappa shape index (κ3) is 3.89. The number of carbonyl (C=O) groups excluding carboxylic acids is 1. The lowest BCUT2D eigenvalue weighted by Crippen LogP contribution is -2.20. The molecular formula is C17H15N3O5S. The maximum Gasteiger partial charge on any atom is 0.274 e. The molecule has 26 heavy (non-hydrogen) atoms. The first-order valence-corrected chi connectivity index (χ1v) is 8.40. The van der Waals surface area contributed by atoms with E-state index in [-0.39, 0.29) is 24.0 Å². The second-order valence-corrected chi connectivity index (χ2v) is 6.45. The van der Waals surface area contributed by atoms with Gasteiger partial charge >= 0.3 is 0 Å². The highest BCUT2D eigenvalue weighted by Crippen LogP contribution is 2.36. The Labute approximate surface area is 152 Å². The maximum atomic E-state index is 12.1. The minimum Gasteiger partial charge on any atom is -0.494 e. The molecule has 8 nitrogen and oxygen atoms in total. The van der Waals surface area contributed by atoms with Gasteiger partial charge in [0, 0.05) is 6.07 Å². The molecule has 0 spiro atoms.